The minimum Gasteiger partial charge on any atom is -0.445 e. The van der Waals surface area contributed by atoms with E-state index in [0.717, 1.165) is 5.69 Å². The van der Waals surface area contributed by atoms with E-state index < -0.39 is 0 Å². The molecule has 1 aromatic carbocycles. The van der Waals surface area contributed by atoms with Gasteiger partial charge in [0.15, 0.2) is 0 Å². The second-order valence-electron chi connectivity index (χ2n) is 7.96. The minimum absolute atomic E-state index is 0.0955. The van der Waals surface area contributed by atoms with Crippen molar-refractivity contribution in [2.45, 2.75) is 63.5 Å². The molecule has 0 radical (unpaired) electrons. The monoisotopic (exact) mass is 342 g/mol. The van der Waals surface area contributed by atoms with E-state index in [1.54, 1.807) is 0 Å². The summed E-state index contributed by atoms with van der Waals surface area (Å²) in [6.07, 6.45) is 10.0. The molecule has 2 saturated carbocycles. The zero-order chi connectivity index (χ0) is 17.1. The third-order valence-corrected chi connectivity index (χ3v) is 6.45. The average Bonchev–Trinajstić information content (AvgIpc) is 2.63. The first kappa shape index (κ1) is 16.9. The Morgan fingerprint density at radius 2 is 1.76 bits per heavy atom. The molecular weight excluding hydrogens is 312 g/mol. The Labute approximate surface area is 150 Å². The highest BCUT2D eigenvalue weighted by atomic mass is 16.6. The van der Waals surface area contributed by atoms with Gasteiger partial charge >= 0.3 is 6.09 Å². The lowest BCUT2D eigenvalue weighted by Crippen LogP contribution is -2.54. The molecule has 4 heteroatoms. The number of para-hydroxylation sites is 1. The van der Waals surface area contributed by atoms with Crippen LogP contribution in [0.15, 0.2) is 30.3 Å². The van der Waals surface area contributed by atoms with E-state index in [1.807, 2.05) is 30.3 Å². The summed E-state index contributed by atoms with van der Waals surface area (Å²) in [7, 11) is 0. The molecule has 1 aliphatic heterocycles. The maximum atomic E-state index is 12.4. The highest BCUT2D eigenvalue weighted by Crippen LogP contribution is 2.44. The average molecular weight is 342 g/mol. The van der Waals surface area contributed by atoms with Gasteiger partial charge in [-0.2, -0.15) is 0 Å². The van der Waals surface area contributed by atoms with Crippen molar-refractivity contribution in [3.05, 3.63) is 30.3 Å². The first-order valence-corrected chi connectivity index (χ1v) is 10.1. The summed E-state index contributed by atoms with van der Waals surface area (Å²) in [4.78, 5) is 15.1. The van der Waals surface area contributed by atoms with Gasteiger partial charge in [-0.15, -0.1) is 0 Å². The summed E-state index contributed by atoms with van der Waals surface area (Å²) >= 11 is 0. The van der Waals surface area contributed by atoms with E-state index in [-0.39, 0.29) is 12.2 Å². The van der Waals surface area contributed by atoms with Crippen molar-refractivity contribution < 1.29 is 9.53 Å². The standard InChI is InChI=1S/C21H30N2O2/c24-21(22-17-9-3-1-4-10-17)25-20-16-8-7-11-18(20)19(13-12-16)23-14-5-2-6-15-23/h1,3-4,9-10,16,18-20H,2,5-8,11-15H2,(H,22,24)/t16-,18-,19+,20-/m1/s1. The highest BCUT2D eigenvalue weighted by Gasteiger charge is 2.46. The number of fused-ring (bicyclic) bond motifs is 2. The largest absolute Gasteiger partial charge is 0.445 e. The molecule has 0 spiro atoms. The number of benzene rings is 1. The Balaban J connectivity index is 1.42. The molecule has 25 heavy (non-hydrogen) atoms. The van der Waals surface area contributed by atoms with Crippen molar-refractivity contribution in [1.29, 1.82) is 0 Å². The fourth-order valence-electron chi connectivity index (χ4n) is 5.29. The zero-order valence-corrected chi connectivity index (χ0v) is 15.0. The van der Waals surface area contributed by atoms with Crippen LogP contribution in [0.5, 0.6) is 0 Å². The van der Waals surface area contributed by atoms with E-state index in [1.165, 1.54) is 64.5 Å². The number of ether oxygens (including phenoxy) is 1. The van der Waals surface area contributed by atoms with Crippen LogP contribution >= 0.6 is 0 Å². The molecular formula is C21H30N2O2. The molecule has 2 aliphatic carbocycles. The molecule has 4 atom stereocenters. The molecule has 136 valence electrons. The van der Waals surface area contributed by atoms with E-state index in [2.05, 4.69) is 10.2 Å². The van der Waals surface area contributed by atoms with Gasteiger partial charge in [-0.05, 0) is 69.7 Å². The second kappa shape index (κ2) is 7.77. The maximum absolute atomic E-state index is 12.4. The summed E-state index contributed by atoms with van der Waals surface area (Å²) in [5.41, 5.74) is 0.807. The van der Waals surface area contributed by atoms with Crippen molar-refractivity contribution in [2.75, 3.05) is 18.4 Å². The summed E-state index contributed by atoms with van der Waals surface area (Å²) in [6.45, 7) is 2.46. The number of nitrogens with zero attached hydrogens (tertiary/aromatic N) is 1. The third-order valence-electron chi connectivity index (χ3n) is 6.45. The van der Waals surface area contributed by atoms with Crippen LogP contribution in [-0.4, -0.2) is 36.2 Å². The zero-order valence-electron chi connectivity index (χ0n) is 15.0. The fraction of sp³-hybridized carbons (Fsp3) is 0.667. The van der Waals surface area contributed by atoms with Gasteiger partial charge < -0.3 is 4.74 Å². The van der Waals surface area contributed by atoms with Gasteiger partial charge in [0.05, 0.1) is 0 Å². The lowest BCUT2D eigenvalue weighted by Gasteiger charge is -2.50. The van der Waals surface area contributed by atoms with Crippen LogP contribution in [0.25, 0.3) is 0 Å². The van der Waals surface area contributed by atoms with Crippen molar-refractivity contribution in [2.24, 2.45) is 11.8 Å². The third kappa shape index (κ3) is 3.84. The Morgan fingerprint density at radius 1 is 0.960 bits per heavy atom. The molecule has 1 N–H and O–H groups in total. The van der Waals surface area contributed by atoms with Gasteiger partial charge in [0.2, 0.25) is 0 Å². The van der Waals surface area contributed by atoms with Gasteiger partial charge in [0, 0.05) is 17.6 Å². The molecule has 1 heterocycles. The molecule has 3 aliphatic rings. The van der Waals surface area contributed by atoms with Crippen molar-refractivity contribution in [3.63, 3.8) is 0 Å². The Morgan fingerprint density at radius 3 is 2.56 bits per heavy atom. The second-order valence-corrected chi connectivity index (χ2v) is 7.96. The van der Waals surface area contributed by atoms with E-state index in [4.69, 9.17) is 4.74 Å². The Kier molecular flexibility index (Phi) is 5.25. The number of nitrogens with one attached hydrogen (secondary N) is 1. The van der Waals surface area contributed by atoms with Crippen molar-refractivity contribution in [3.8, 4) is 0 Å². The van der Waals surface area contributed by atoms with E-state index >= 15 is 0 Å². The van der Waals surface area contributed by atoms with Gasteiger partial charge in [0.1, 0.15) is 6.10 Å². The summed E-state index contributed by atoms with van der Waals surface area (Å²) in [6, 6.07) is 10.2. The smallest absolute Gasteiger partial charge is 0.411 e. The fourth-order valence-corrected chi connectivity index (χ4v) is 5.29. The minimum atomic E-state index is -0.285. The van der Waals surface area contributed by atoms with Gasteiger partial charge in [-0.3, -0.25) is 10.2 Å². The lowest BCUT2D eigenvalue weighted by molar-refractivity contribution is -0.0688. The number of hydrogen-bond acceptors (Lipinski definition) is 3. The normalized spacial score (nSPS) is 32.8. The van der Waals surface area contributed by atoms with Crippen LogP contribution in [0, 0.1) is 11.8 Å². The number of carbonyl (C=O) groups is 1. The summed E-state index contributed by atoms with van der Waals surface area (Å²) in [5.74, 6) is 1.08. The predicted molar refractivity (Wildman–Crippen MR) is 99.6 cm³/mol. The first-order valence-electron chi connectivity index (χ1n) is 10.1. The Hall–Kier alpha value is -1.55. The molecule has 3 fully saturated rings. The van der Waals surface area contributed by atoms with E-state index in [9.17, 15) is 4.79 Å². The molecule has 0 unspecified atom stereocenters. The number of anilines is 1. The number of carbonyl (C=O) groups excluding carboxylic acids is 1. The molecule has 1 aromatic rings. The maximum Gasteiger partial charge on any atom is 0.411 e. The lowest BCUT2D eigenvalue weighted by atomic mass is 9.67. The van der Waals surface area contributed by atoms with Crippen molar-refractivity contribution in [1.82, 2.24) is 4.90 Å². The molecule has 4 nitrogen and oxygen atoms in total. The van der Waals surface area contributed by atoms with Crippen LogP contribution in [0.1, 0.15) is 51.4 Å². The summed E-state index contributed by atoms with van der Waals surface area (Å²) in [5, 5.41) is 2.90. The quantitative estimate of drug-likeness (QED) is 0.868. The van der Waals surface area contributed by atoms with Crippen LogP contribution in [-0.2, 0) is 4.74 Å². The van der Waals surface area contributed by atoms with Crippen LogP contribution in [0.4, 0.5) is 10.5 Å². The van der Waals surface area contributed by atoms with Crippen molar-refractivity contribution >= 4 is 11.8 Å². The number of piperidine rings is 1. The number of amides is 1. The van der Waals surface area contributed by atoms with Crippen LogP contribution in [0.2, 0.25) is 0 Å². The van der Waals surface area contributed by atoms with Gasteiger partial charge in [0.25, 0.3) is 0 Å². The van der Waals surface area contributed by atoms with Gasteiger partial charge in [-0.1, -0.05) is 31.0 Å². The number of hydrogen-bond donors (Lipinski definition) is 1. The molecule has 1 amide bonds. The highest BCUT2D eigenvalue weighted by molar-refractivity contribution is 5.84. The van der Waals surface area contributed by atoms with Crippen LogP contribution < -0.4 is 5.32 Å². The van der Waals surface area contributed by atoms with Crippen LogP contribution in [0.3, 0.4) is 0 Å². The number of likely N-dealkylation sites (tertiary alicyclic amines) is 1. The van der Waals surface area contributed by atoms with E-state index in [0.29, 0.717) is 17.9 Å². The molecule has 2 bridgehead atoms. The Bertz CT molecular complexity index is 571. The molecule has 1 saturated heterocycles. The van der Waals surface area contributed by atoms with Gasteiger partial charge in [-0.25, -0.2) is 4.79 Å². The SMILES string of the molecule is O=C(Nc1ccccc1)O[C@@H]1[C@@H]2CCC[C@@H]1[C@@H](N1CCCCC1)CC2. The molecule has 4 rings (SSSR count). The molecule has 0 aromatic heterocycles. The number of rotatable bonds is 3. The first-order chi connectivity index (χ1) is 12.3. The predicted octanol–water partition coefficient (Wildman–Crippen LogP) is 4.67. The summed E-state index contributed by atoms with van der Waals surface area (Å²) < 4.78 is 6.01. The topological polar surface area (TPSA) is 41.6 Å².